The molecule has 22 heavy (non-hydrogen) atoms. The van der Waals surface area contributed by atoms with Gasteiger partial charge in [-0.15, -0.1) is 0 Å². The molecular formula is C18H30N2O2. The highest BCUT2D eigenvalue weighted by Crippen LogP contribution is 2.14. The Balaban J connectivity index is 2.35. The van der Waals surface area contributed by atoms with Crippen LogP contribution in [0, 0.1) is 0 Å². The zero-order valence-corrected chi connectivity index (χ0v) is 13.9. The molecule has 0 aliphatic carbocycles. The lowest BCUT2D eigenvalue weighted by atomic mass is 10.0. The maximum atomic E-state index is 11.9. The van der Waals surface area contributed by atoms with E-state index in [-0.39, 0.29) is 12.5 Å². The van der Waals surface area contributed by atoms with E-state index in [1.165, 1.54) is 51.0 Å². The summed E-state index contributed by atoms with van der Waals surface area (Å²) < 4.78 is 0. The Morgan fingerprint density at radius 2 is 1.73 bits per heavy atom. The molecule has 4 nitrogen and oxygen atoms in total. The molecule has 0 aliphatic rings. The van der Waals surface area contributed by atoms with Crippen molar-refractivity contribution in [2.75, 3.05) is 11.9 Å². The average Bonchev–Trinajstić information content (AvgIpc) is 2.52. The van der Waals surface area contributed by atoms with Crippen molar-refractivity contribution in [3.63, 3.8) is 0 Å². The van der Waals surface area contributed by atoms with Crippen LogP contribution in [0.4, 0.5) is 5.69 Å². The molecule has 1 aromatic rings. The SMILES string of the molecule is CCCCCCCCc1ccc(NC(=O)[C@@](C)(N)CO)cc1. The molecule has 0 saturated heterocycles. The third-order valence-corrected chi connectivity index (χ3v) is 3.88. The largest absolute Gasteiger partial charge is 0.394 e. The van der Waals surface area contributed by atoms with Crippen molar-refractivity contribution in [1.29, 1.82) is 0 Å². The van der Waals surface area contributed by atoms with Crippen LogP contribution in [0.5, 0.6) is 0 Å². The predicted molar refractivity (Wildman–Crippen MR) is 91.8 cm³/mol. The van der Waals surface area contributed by atoms with E-state index in [1.807, 2.05) is 24.3 Å². The number of unbranched alkanes of at least 4 members (excludes halogenated alkanes) is 5. The highest BCUT2D eigenvalue weighted by atomic mass is 16.3. The molecule has 1 rings (SSSR count). The lowest BCUT2D eigenvalue weighted by Gasteiger charge is -2.20. The van der Waals surface area contributed by atoms with Gasteiger partial charge in [0.15, 0.2) is 0 Å². The summed E-state index contributed by atoms with van der Waals surface area (Å²) in [5.41, 5.74) is 6.43. The Bertz CT molecular complexity index is 441. The van der Waals surface area contributed by atoms with Gasteiger partial charge in [0.25, 0.3) is 0 Å². The monoisotopic (exact) mass is 306 g/mol. The van der Waals surface area contributed by atoms with Crippen LogP contribution in [0.2, 0.25) is 0 Å². The number of aryl methyl sites for hydroxylation is 1. The first-order valence-electron chi connectivity index (χ1n) is 8.29. The Labute approximate surface area is 134 Å². The van der Waals surface area contributed by atoms with Crippen LogP contribution in [0.25, 0.3) is 0 Å². The standard InChI is InChI=1S/C18H30N2O2/c1-3-4-5-6-7-8-9-15-10-12-16(13-11-15)20-17(22)18(2,19)14-21/h10-13,21H,3-9,14,19H2,1-2H3,(H,20,22)/t18-/m0/s1. The number of hydrogen-bond acceptors (Lipinski definition) is 3. The summed E-state index contributed by atoms with van der Waals surface area (Å²) in [5, 5.41) is 11.8. The Hall–Kier alpha value is -1.39. The van der Waals surface area contributed by atoms with E-state index < -0.39 is 5.54 Å². The van der Waals surface area contributed by atoms with Gasteiger partial charge >= 0.3 is 0 Å². The third kappa shape index (κ3) is 6.58. The number of aliphatic hydroxyl groups excluding tert-OH is 1. The van der Waals surface area contributed by atoms with Gasteiger partial charge in [0.05, 0.1) is 6.61 Å². The molecule has 0 heterocycles. The topological polar surface area (TPSA) is 75.4 Å². The summed E-state index contributed by atoms with van der Waals surface area (Å²) in [7, 11) is 0. The van der Waals surface area contributed by atoms with E-state index in [2.05, 4.69) is 12.2 Å². The molecule has 0 bridgehead atoms. The number of carbonyl (C=O) groups is 1. The minimum Gasteiger partial charge on any atom is -0.394 e. The number of amides is 1. The van der Waals surface area contributed by atoms with Gasteiger partial charge in [-0.25, -0.2) is 0 Å². The second-order valence-corrected chi connectivity index (χ2v) is 6.24. The fourth-order valence-corrected chi connectivity index (χ4v) is 2.21. The van der Waals surface area contributed by atoms with E-state index in [4.69, 9.17) is 10.8 Å². The van der Waals surface area contributed by atoms with Crippen molar-refractivity contribution in [2.45, 2.75) is 64.3 Å². The maximum absolute atomic E-state index is 11.9. The molecule has 0 aliphatic heterocycles. The summed E-state index contributed by atoms with van der Waals surface area (Å²) in [6.45, 7) is 3.36. The molecule has 0 aromatic heterocycles. The smallest absolute Gasteiger partial charge is 0.246 e. The van der Waals surface area contributed by atoms with Gasteiger partial charge < -0.3 is 16.2 Å². The number of rotatable bonds is 10. The van der Waals surface area contributed by atoms with Crippen molar-refractivity contribution >= 4 is 11.6 Å². The molecule has 4 N–H and O–H groups in total. The molecule has 0 spiro atoms. The first kappa shape index (κ1) is 18.7. The van der Waals surface area contributed by atoms with Gasteiger partial charge in [-0.05, 0) is 37.5 Å². The van der Waals surface area contributed by atoms with E-state index >= 15 is 0 Å². The van der Waals surface area contributed by atoms with Crippen molar-refractivity contribution in [2.24, 2.45) is 5.73 Å². The maximum Gasteiger partial charge on any atom is 0.246 e. The van der Waals surface area contributed by atoms with Crippen LogP contribution in [0.1, 0.15) is 57.9 Å². The van der Waals surface area contributed by atoms with Crippen molar-refractivity contribution in [3.8, 4) is 0 Å². The zero-order valence-electron chi connectivity index (χ0n) is 13.9. The van der Waals surface area contributed by atoms with Crippen LogP contribution >= 0.6 is 0 Å². The van der Waals surface area contributed by atoms with Gasteiger partial charge in [-0.1, -0.05) is 51.2 Å². The quantitative estimate of drug-likeness (QED) is 0.581. The van der Waals surface area contributed by atoms with Crippen LogP contribution in [-0.2, 0) is 11.2 Å². The molecule has 1 atom stereocenters. The number of hydrogen-bond donors (Lipinski definition) is 3. The number of nitrogens with two attached hydrogens (primary N) is 1. The lowest BCUT2D eigenvalue weighted by molar-refractivity contribution is -0.121. The highest BCUT2D eigenvalue weighted by molar-refractivity contribution is 5.97. The Morgan fingerprint density at radius 1 is 1.14 bits per heavy atom. The number of carbonyl (C=O) groups excluding carboxylic acids is 1. The molecule has 1 amide bonds. The first-order valence-corrected chi connectivity index (χ1v) is 8.29. The lowest BCUT2D eigenvalue weighted by Crippen LogP contribution is -2.51. The van der Waals surface area contributed by atoms with Gasteiger partial charge in [-0.2, -0.15) is 0 Å². The fourth-order valence-electron chi connectivity index (χ4n) is 2.21. The van der Waals surface area contributed by atoms with E-state index in [9.17, 15) is 4.79 Å². The molecule has 0 saturated carbocycles. The summed E-state index contributed by atoms with van der Waals surface area (Å²) >= 11 is 0. The minimum atomic E-state index is -1.25. The van der Waals surface area contributed by atoms with Crippen LogP contribution < -0.4 is 11.1 Å². The Morgan fingerprint density at radius 3 is 2.32 bits per heavy atom. The van der Waals surface area contributed by atoms with Gasteiger partial charge in [0.1, 0.15) is 5.54 Å². The minimum absolute atomic E-state index is 0.376. The predicted octanol–water partition coefficient (Wildman–Crippen LogP) is 3.24. The molecule has 0 unspecified atom stereocenters. The van der Waals surface area contributed by atoms with Gasteiger partial charge in [-0.3, -0.25) is 4.79 Å². The van der Waals surface area contributed by atoms with E-state index in [0.717, 1.165) is 6.42 Å². The number of nitrogens with one attached hydrogen (secondary N) is 1. The van der Waals surface area contributed by atoms with Gasteiger partial charge in [0, 0.05) is 5.69 Å². The zero-order chi connectivity index (χ0) is 16.4. The molecular weight excluding hydrogens is 276 g/mol. The summed E-state index contributed by atoms with van der Waals surface area (Å²) in [5.74, 6) is -0.376. The molecule has 1 aromatic carbocycles. The summed E-state index contributed by atoms with van der Waals surface area (Å²) in [6, 6.07) is 7.85. The molecule has 4 heteroatoms. The highest BCUT2D eigenvalue weighted by Gasteiger charge is 2.27. The second-order valence-electron chi connectivity index (χ2n) is 6.24. The summed E-state index contributed by atoms with van der Waals surface area (Å²) in [6.07, 6.45) is 8.84. The first-order chi connectivity index (χ1) is 10.5. The van der Waals surface area contributed by atoms with E-state index in [1.54, 1.807) is 0 Å². The van der Waals surface area contributed by atoms with Crippen LogP contribution in [0.15, 0.2) is 24.3 Å². The molecule has 0 fully saturated rings. The summed E-state index contributed by atoms with van der Waals surface area (Å²) in [4.78, 5) is 11.9. The second kappa shape index (κ2) is 9.59. The van der Waals surface area contributed by atoms with Crippen LogP contribution in [-0.4, -0.2) is 23.2 Å². The fraction of sp³-hybridized carbons (Fsp3) is 0.611. The number of benzene rings is 1. The number of aliphatic hydroxyl groups is 1. The van der Waals surface area contributed by atoms with Crippen LogP contribution in [0.3, 0.4) is 0 Å². The van der Waals surface area contributed by atoms with Crippen molar-refractivity contribution < 1.29 is 9.90 Å². The normalized spacial score (nSPS) is 13.6. The van der Waals surface area contributed by atoms with Crippen molar-refractivity contribution in [3.05, 3.63) is 29.8 Å². The molecule has 124 valence electrons. The number of anilines is 1. The van der Waals surface area contributed by atoms with Crippen molar-refractivity contribution in [1.82, 2.24) is 0 Å². The Kier molecular flexibility index (Phi) is 8.13. The third-order valence-electron chi connectivity index (χ3n) is 3.88. The molecule has 0 radical (unpaired) electrons. The average molecular weight is 306 g/mol. The van der Waals surface area contributed by atoms with Gasteiger partial charge in [0.2, 0.25) is 5.91 Å². The van der Waals surface area contributed by atoms with E-state index in [0.29, 0.717) is 5.69 Å².